The molecule has 2 bridgehead atoms. The van der Waals surface area contributed by atoms with Crippen molar-refractivity contribution in [3.05, 3.63) is 60.0 Å². The maximum Gasteiger partial charge on any atom is 0.319 e. The molecule has 144 valence electrons. The number of aliphatic hydroxyl groups is 1. The highest BCUT2D eigenvalue weighted by molar-refractivity contribution is 5.74. The molecule has 2 aromatic heterocycles. The van der Waals surface area contributed by atoms with Crippen LogP contribution >= 0.6 is 0 Å². The van der Waals surface area contributed by atoms with Crippen molar-refractivity contribution in [3.8, 4) is 28.8 Å². The Kier molecular flexibility index (Phi) is 5.08. The molecule has 28 heavy (non-hydrogen) atoms. The van der Waals surface area contributed by atoms with Crippen LogP contribution < -0.4 is 14.2 Å². The van der Waals surface area contributed by atoms with Gasteiger partial charge < -0.3 is 19.3 Å². The molecule has 0 spiro atoms. The smallest absolute Gasteiger partial charge is 0.319 e. The van der Waals surface area contributed by atoms with E-state index in [2.05, 4.69) is 15.0 Å². The first-order chi connectivity index (χ1) is 13.7. The van der Waals surface area contributed by atoms with E-state index in [-0.39, 0.29) is 6.01 Å². The summed E-state index contributed by atoms with van der Waals surface area (Å²) >= 11 is 0. The second-order valence-corrected chi connectivity index (χ2v) is 6.53. The predicted molar refractivity (Wildman–Crippen MR) is 103 cm³/mol. The van der Waals surface area contributed by atoms with Crippen molar-refractivity contribution in [1.29, 1.82) is 0 Å². The lowest BCUT2D eigenvalue weighted by molar-refractivity contribution is 0.0266. The fourth-order valence-electron chi connectivity index (χ4n) is 3.39. The van der Waals surface area contributed by atoms with Gasteiger partial charge in [0.15, 0.2) is 6.10 Å². The molecular weight excluding hydrogens is 358 g/mol. The summed E-state index contributed by atoms with van der Waals surface area (Å²) in [6.45, 7) is 0. The molecule has 7 nitrogen and oxygen atoms in total. The number of benzene rings is 1. The quantitative estimate of drug-likeness (QED) is 0.675. The molecule has 2 aliphatic rings. The van der Waals surface area contributed by atoms with Crippen LogP contribution in [-0.2, 0) is 6.42 Å². The molecule has 0 radical (unpaired) electrons. The highest BCUT2D eigenvalue weighted by atomic mass is 16.5. The third-order valence-corrected chi connectivity index (χ3v) is 4.79. The van der Waals surface area contributed by atoms with Crippen molar-refractivity contribution in [3.63, 3.8) is 0 Å². The van der Waals surface area contributed by atoms with E-state index >= 15 is 0 Å². The fourth-order valence-corrected chi connectivity index (χ4v) is 3.39. The number of methoxy groups -OCH3 is 2. The zero-order chi connectivity index (χ0) is 19.5. The Morgan fingerprint density at radius 3 is 2.75 bits per heavy atom. The molecule has 4 heterocycles. The van der Waals surface area contributed by atoms with E-state index in [0.29, 0.717) is 18.1 Å². The molecule has 3 aromatic rings. The molecule has 0 fully saturated rings. The number of aromatic nitrogens is 3. The average Bonchev–Trinajstić information content (AvgIpc) is 2.77. The first kappa shape index (κ1) is 18.2. The van der Waals surface area contributed by atoms with E-state index in [1.165, 1.54) is 7.11 Å². The van der Waals surface area contributed by atoms with Gasteiger partial charge in [-0.25, -0.2) is 4.98 Å². The minimum Gasteiger partial charge on any atom is -0.483 e. The Morgan fingerprint density at radius 1 is 1.14 bits per heavy atom. The van der Waals surface area contributed by atoms with Crippen LogP contribution in [0, 0.1) is 0 Å². The molecule has 7 heteroatoms. The lowest BCUT2D eigenvalue weighted by Crippen LogP contribution is -2.27. The Labute approximate surface area is 163 Å². The molecule has 0 aliphatic carbocycles. The largest absolute Gasteiger partial charge is 0.483 e. The van der Waals surface area contributed by atoms with Crippen LogP contribution in [0.4, 0.5) is 0 Å². The highest BCUT2D eigenvalue weighted by Gasteiger charge is 2.31. The van der Waals surface area contributed by atoms with Crippen LogP contribution in [0.5, 0.6) is 17.6 Å². The summed E-state index contributed by atoms with van der Waals surface area (Å²) in [5.74, 6) is 1.10. The molecule has 0 saturated carbocycles. The summed E-state index contributed by atoms with van der Waals surface area (Å²) < 4.78 is 16.4. The molecule has 2 atom stereocenters. The molecule has 2 aliphatic heterocycles. The fraction of sp³-hybridized carbons (Fsp3) is 0.286. The van der Waals surface area contributed by atoms with Gasteiger partial charge in [0, 0.05) is 24.2 Å². The van der Waals surface area contributed by atoms with Gasteiger partial charge in [0.1, 0.15) is 5.75 Å². The lowest BCUT2D eigenvalue weighted by atomic mass is 9.90. The van der Waals surface area contributed by atoms with E-state index in [1.54, 1.807) is 19.5 Å². The summed E-state index contributed by atoms with van der Waals surface area (Å²) in [7, 11) is 3.06. The number of fused-ring (bicyclic) bond motifs is 3. The zero-order valence-corrected chi connectivity index (χ0v) is 15.7. The Morgan fingerprint density at radius 2 is 2.04 bits per heavy atom. The molecular formula is C21H21N3O4. The number of ether oxygens (including phenoxy) is 3. The summed E-state index contributed by atoms with van der Waals surface area (Å²) in [5, 5.41) is 10.8. The van der Waals surface area contributed by atoms with Crippen LogP contribution in [-0.4, -0.2) is 40.4 Å². The van der Waals surface area contributed by atoms with Gasteiger partial charge >= 0.3 is 6.01 Å². The first-order valence-corrected chi connectivity index (χ1v) is 9.02. The van der Waals surface area contributed by atoms with Gasteiger partial charge in [-0.15, -0.1) is 0 Å². The first-order valence-electron chi connectivity index (χ1n) is 9.02. The normalized spacial score (nSPS) is 15.8. The maximum absolute atomic E-state index is 10.8. The van der Waals surface area contributed by atoms with Crippen LogP contribution in [0.3, 0.4) is 0 Å². The lowest BCUT2D eigenvalue weighted by Gasteiger charge is -2.31. The topological polar surface area (TPSA) is 86.6 Å². The Balaban J connectivity index is 1.60. The monoisotopic (exact) mass is 379 g/mol. The molecule has 1 N–H and O–H groups in total. The van der Waals surface area contributed by atoms with Gasteiger partial charge in [-0.05, 0) is 42.2 Å². The predicted octanol–water partition coefficient (Wildman–Crippen LogP) is 2.98. The van der Waals surface area contributed by atoms with Crippen LogP contribution in [0.25, 0.3) is 11.1 Å². The van der Waals surface area contributed by atoms with E-state index in [1.807, 2.05) is 36.5 Å². The molecule has 0 amide bonds. The van der Waals surface area contributed by atoms with Crippen LogP contribution in [0.15, 0.2) is 48.9 Å². The minimum absolute atomic E-state index is 0.236. The average molecular weight is 379 g/mol. The van der Waals surface area contributed by atoms with E-state index in [4.69, 9.17) is 14.2 Å². The van der Waals surface area contributed by atoms with Crippen molar-refractivity contribution < 1.29 is 19.3 Å². The standard InChI is InChI=1S/C21H21N3O4/c1-26-20-17(12-23-21(24-20)27-2)16-10-14-6-7-15(16)19(28-14)18(25)8-5-13-4-3-9-22-11-13/h3-4,6-7,9-12,18-19,25H,5,8H2,1-2H3/t18-,19?/m1/s1. The molecule has 1 unspecified atom stereocenters. The Bertz CT molecular complexity index is 965. The van der Waals surface area contributed by atoms with Crippen molar-refractivity contribution in [1.82, 2.24) is 15.0 Å². The van der Waals surface area contributed by atoms with Crippen LogP contribution in [0.1, 0.15) is 23.7 Å². The number of hydrogen-bond donors (Lipinski definition) is 1. The summed E-state index contributed by atoms with van der Waals surface area (Å²) in [6, 6.07) is 9.90. The maximum atomic E-state index is 10.8. The van der Waals surface area contributed by atoms with Crippen molar-refractivity contribution in [2.24, 2.45) is 0 Å². The van der Waals surface area contributed by atoms with Gasteiger partial charge in [0.2, 0.25) is 5.88 Å². The molecule has 5 rings (SSSR count). The van der Waals surface area contributed by atoms with Gasteiger partial charge in [0.25, 0.3) is 0 Å². The number of aliphatic hydroxyl groups excluding tert-OH is 1. The number of aryl methyl sites for hydroxylation is 1. The van der Waals surface area contributed by atoms with Crippen molar-refractivity contribution >= 4 is 0 Å². The molecule has 0 saturated heterocycles. The van der Waals surface area contributed by atoms with Gasteiger partial charge in [0.05, 0.1) is 25.9 Å². The van der Waals surface area contributed by atoms with Gasteiger partial charge in [-0.3, -0.25) is 4.98 Å². The summed E-state index contributed by atoms with van der Waals surface area (Å²) in [6.07, 6.45) is 5.37. The van der Waals surface area contributed by atoms with E-state index in [0.717, 1.165) is 28.7 Å². The van der Waals surface area contributed by atoms with E-state index < -0.39 is 12.2 Å². The Hall–Kier alpha value is -3.19. The molecule has 1 aromatic carbocycles. The highest BCUT2D eigenvalue weighted by Crippen LogP contribution is 2.43. The van der Waals surface area contributed by atoms with Crippen molar-refractivity contribution in [2.75, 3.05) is 14.2 Å². The van der Waals surface area contributed by atoms with Gasteiger partial charge in [-0.2, -0.15) is 4.98 Å². The van der Waals surface area contributed by atoms with Crippen LogP contribution in [0.2, 0.25) is 0 Å². The summed E-state index contributed by atoms with van der Waals surface area (Å²) in [5.41, 5.74) is 3.57. The van der Waals surface area contributed by atoms with Crippen molar-refractivity contribution in [2.45, 2.75) is 25.0 Å². The third-order valence-electron chi connectivity index (χ3n) is 4.79. The SMILES string of the molecule is COc1ncc(-c2cc3ccc2C([C@H](O)CCc2cccnc2)O3)c(OC)n1. The van der Waals surface area contributed by atoms with E-state index in [9.17, 15) is 5.11 Å². The third kappa shape index (κ3) is 3.48. The number of pyridine rings is 1. The second kappa shape index (κ2) is 7.82. The number of nitrogens with zero attached hydrogens (tertiary/aromatic N) is 3. The number of hydrogen-bond acceptors (Lipinski definition) is 7. The minimum atomic E-state index is -0.663. The second-order valence-electron chi connectivity index (χ2n) is 6.53. The number of rotatable bonds is 7. The van der Waals surface area contributed by atoms with Gasteiger partial charge in [-0.1, -0.05) is 12.1 Å². The zero-order valence-electron chi connectivity index (χ0n) is 15.7. The summed E-state index contributed by atoms with van der Waals surface area (Å²) in [4.78, 5) is 12.6.